The topological polar surface area (TPSA) is 50.8 Å². The van der Waals surface area contributed by atoms with E-state index in [1.165, 1.54) is 12.7 Å². The number of methoxy groups -OCH3 is 1. The van der Waals surface area contributed by atoms with E-state index in [1.54, 1.807) is 0 Å². The molecule has 2 aromatic rings. The quantitative estimate of drug-likeness (QED) is 0.738. The van der Waals surface area contributed by atoms with Crippen LogP contribution >= 0.6 is 0 Å². The predicted octanol–water partition coefficient (Wildman–Crippen LogP) is 4.00. The summed E-state index contributed by atoms with van der Waals surface area (Å²) in [5, 5.41) is 2.72. The molecule has 0 heterocycles. The molecule has 0 spiro atoms. The Morgan fingerprint density at radius 2 is 1.81 bits per heavy atom. The highest BCUT2D eigenvalue weighted by molar-refractivity contribution is 5.66. The summed E-state index contributed by atoms with van der Waals surface area (Å²) in [6.45, 7) is 7.07. The van der Waals surface area contributed by atoms with Crippen LogP contribution in [0.4, 0.5) is 4.79 Å². The SMILES string of the molecule is CCN(CCNC(=O)OC)C(C)c1ccc(OCc2ccccc2)cc1. The number of nitrogens with zero attached hydrogens (tertiary/aromatic N) is 1. The summed E-state index contributed by atoms with van der Waals surface area (Å²) in [5.41, 5.74) is 2.37. The van der Waals surface area contributed by atoms with Crippen molar-refractivity contribution in [1.29, 1.82) is 0 Å². The molecular weight excluding hydrogens is 328 g/mol. The lowest BCUT2D eigenvalue weighted by Crippen LogP contribution is -2.36. The van der Waals surface area contributed by atoms with Gasteiger partial charge < -0.3 is 14.8 Å². The fraction of sp³-hybridized carbons (Fsp3) is 0.381. The number of amides is 1. The first-order chi connectivity index (χ1) is 12.6. The van der Waals surface area contributed by atoms with Crippen LogP contribution in [0.3, 0.4) is 0 Å². The molecule has 5 nitrogen and oxygen atoms in total. The highest BCUT2D eigenvalue weighted by atomic mass is 16.5. The predicted molar refractivity (Wildman–Crippen MR) is 103 cm³/mol. The summed E-state index contributed by atoms with van der Waals surface area (Å²) < 4.78 is 10.4. The van der Waals surface area contributed by atoms with Gasteiger partial charge in [-0.3, -0.25) is 4.90 Å². The second kappa shape index (κ2) is 10.5. The minimum absolute atomic E-state index is 0.252. The number of alkyl carbamates (subject to hydrolysis) is 1. The molecule has 0 saturated carbocycles. The molecule has 0 aliphatic rings. The summed E-state index contributed by atoms with van der Waals surface area (Å²) in [6, 6.07) is 18.6. The average Bonchev–Trinajstić information content (AvgIpc) is 2.70. The fourth-order valence-electron chi connectivity index (χ4n) is 2.79. The number of hydrogen-bond acceptors (Lipinski definition) is 4. The van der Waals surface area contributed by atoms with Crippen molar-refractivity contribution in [2.24, 2.45) is 0 Å². The Bertz CT molecular complexity index is 659. The van der Waals surface area contributed by atoms with Gasteiger partial charge in [0.15, 0.2) is 0 Å². The highest BCUT2D eigenvalue weighted by Gasteiger charge is 2.14. The summed E-state index contributed by atoms with van der Waals surface area (Å²) in [4.78, 5) is 13.5. The van der Waals surface area contributed by atoms with Gasteiger partial charge in [-0.1, -0.05) is 49.4 Å². The smallest absolute Gasteiger partial charge is 0.406 e. The zero-order valence-electron chi connectivity index (χ0n) is 15.8. The van der Waals surface area contributed by atoms with Gasteiger partial charge in [0.05, 0.1) is 7.11 Å². The van der Waals surface area contributed by atoms with Gasteiger partial charge in [-0.15, -0.1) is 0 Å². The Kier molecular flexibility index (Phi) is 7.96. The first-order valence-electron chi connectivity index (χ1n) is 8.96. The third-order valence-electron chi connectivity index (χ3n) is 4.42. The average molecular weight is 356 g/mol. The van der Waals surface area contributed by atoms with Crippen molar-refractivity contribution in [2.75, 3.05) is 26.7 Å². The molecule has 26 heavy (non-hydrogen) atoms. The second-order valence-electron chi connectivity index (χ2n) is 6.07. The van der Waals surface area contributed by atoms with E-state index in [1.807, 2.05) is 30.3 Å². The second-order valence-corrected chi connectivity index (χ2v) is 6.07. The maximum atomic E-state index is 11.2. The lowest BCUT2D eigenvalue weighted by molar-refractivity contribution is 0.165. The number of likely N-dealkylation sites (N-methyl/N-ethyl adjacent to an activating group) is 1. The maximum absolute atomic E-state index is 11.2. The van der Waals surface area contributed by atoms with E-state index in [9.17, 15) is 4.79 Å². The van der Waals surface area contributed by atoms with E-state index in [0.29, 0.717) is 13.2 Å². The van der Waals surface area contributed by atoms with E-state index < -0.39 is 6.09 Å². The minimum atomic E-state index is -0.395. The Hall–Kier alpha value is -2.53. The lowest BCUT2D eigenvalue weighted by Gasteiger charge is -2.28. The van der Waals surface area contributed by atoms with E-state index in [0.717, 1.165) is 24.4 Å². The Labute approximate surface area is 155 Å². The molecule has 0 saturated heterocycles. The molecular formula is C21H28N2O3. The van der Waals surface area contributed by atoms with E-state index in [-0.39, 0.29) is 6.04 Å². The van der Waals surface area contributed by atoms with Crippen LogP contribution in [0.25, 0.3) is 0 Å². The Morgan fingerprint density at radius 3 is 2.42 bits per heavy atom. The molecule has 2 rings (SSSR count). The van der Waals surface area contributed by atoms with Gasteiger partial charge >= 0.3 is 6.09 Å². The molecule has 140 valence electrons. The van der Waals surface area contributed by atoms with Crippen molar-refractivity contribution < 1.29 is 14.3 Å². The van der Waals surface area contributed by atoms with Crippen LogP contribution in [-0.4, -0.2) is 37.7 Å². The fourth-order valence-corrected chi connectivity index (χ4v) is 2.79. The van der Waals surface area contributed by atoms with Crippen LogP contribution in [0.15, 0.2) is 54.6 Å². The molecule has 2 aromatic carbocycles. The standard InChI is InChI=1S/C21H28N2O3/c1-4-23(15-14-22-21(24)25-3)17(2)19-10-12-20(13-11-19)26-16-18-8-6-5-7-9-18/h5-13,17H,4,14-16H2,1-3H3,(H,22,24). The van der Waals surface area contributed by atoms with E-state index in [2.05, 4.69) is 53.1 Å². The first kappa shape index (κ1) is 19.8. The summed E-state index contributed by atoms with van der Waals surface area (Å²) in [5.74, 6) is 0.861. The molecule has 1 amide bonds. The van der Waals surface area contributed by atoms with Crippen molar-refractivity contribution in [3.63, 3.8) is 0 Å². The number of carbonyl (C=O) groups is 1. The molecule has 0 aliphatic carbocycles. The summed E-state index contributed by atoms with van der Waals surface area (Å²) >= 11 is 0. The van der Waals surface area contributed by atoms with Gasteiger partial charge in [0.1, 0.15) is 12.4 Å². The number of ether oxygens (including phenoxy) is 2. The van der Waals surface area contributed by atoms with Gasteiger partial charge in [0, 0.05) is 19.1 Å². The molecule has 0 fully saturated rings. The van der Waals surface area contributed by atoms with Crippen LogP contribution in [0, 0.1) is 0 Å². The molecule has 5 heteroatoms. The van der Waals surface area contributed by atoms with Crippen LogP contribution in [-0.2, 0) is 11.3 Å². The number of hydrogen-bond donors (Lipinski definition) is 1. The Morgan fingerprint density at radius 1 is 1.12 bits per heavy atom. The van der Waals surface area contributed by atoms with Gasteiger partial charge in [-0.25, -0.2) is 4.79 Å². The van der Waals surface area contributed by atoms with Gasteiger partial charge in [-0.2, -0.15) is 0 Å². The van der Waals surface area contributed by atoms with Crippen LogP contribution in [0.1, 0.15) is 31.0 Å². The molecule has 0 aliphatic heterocycles. The highest BCUT2D eigenvalue weighted by Crippen LogP contribution is 2.22. The molecule has 1 N–H and O–H groups in total. The van der Waals surface area contributed by atoms with Gasteiger partial charge in [0.2, 0.25) is 0 Å². The Balaban J connectivity index is 1.87. The van der Waals surface area contributed by atoms with E-state index in [4.69, 9.17) is 4.74 Å². The molecule has 1 atom stereocenters. The van der Waals surface area contributed by atoms with Crippen LogP contribution in [0.2, 0.25) is 0 Å². The van der Waals surface area contributed by atoms with Crippen molar-refractivity contribution >= 4 is 6.09 Å². The van der Waals surface area contributed by atoms with E-state index >= 15 is 0 Å². The molecule has 0 bridgehead atoms. The monoisotopic (exact) mass is 356 g/mol. The van der Waals surface area contributed by atoms with Crippen molar-refractivity contribution in [3.8, 4) is 5.75 Å². The minimum Gasteiger partial charge on any atom is -0.489 e. The third-order valence-corrected chi connectivity index (χ3v) is 4.42. The zero-order valence-corrected chi connectivity index (χ0v) is 15.8. The molecule has 0 aromatic heterocycles. The number of benzene rings is 2. The number of rotatable bonds is 9. The van der Waals surface area contributed by atoms with Crippen LogP contribution in [0.5, 0.6) is 5.75 Å². The van der Waals surface area contributed by atoms with Gasteiger partial charge in [-0.05, 0) is 36.7 Å². The largest absolute Gasteiger partial charge is 0.489 e. The lowest BCUT2D eigenvalue weighted by atomic mass is 10.1. The molecule has 0 radical (unpaired) electrons. The third kappa shape index (κ3) is 6.08. The number of nitrogens with one attached hydrogen (secondary N) is 1. The van der Waals surface area contributed by atoms with Crippen LogP contribution < -0.4 is 10.1 Å². The first-order valence-corrected chi connectivity index (χ1v) is 8.96. The van der Waals surface area contributed by atoms with Crippen molar-refractivity contribution in [3.05, 3.63) is 65.7 Å². The summed E-state index contributed by atoms with van der Waals surface area (Å²) in [6.07, 6.45) is -0.395. The normalized spacial score (nSPS) is 11.8. The number of carbonyl (C=O) groups excluding carboxylic acids is 1. The summed E-state index contributed by atoms with van der Waals surface area (Å²) in [7, 11) is 1.37. The van der Waals surface area contributed by atoms with Crippen molar-refractivity contribution in [1.82, 2.24) is 10.2 Å². The van der Waals surface area contributed by atoms with Gasteiger partial charge in [0.25, 0.3) is 0 Å². The van der Waals surface area contributed by atoms with Crippen molar-refractivity contribution in [2.45, 2.75) is 26.5 Å². The molecule has 1 unspecified atom stereocenters. The maximum Gasteiger partial charge on any atom is 0.406 e. The zero-order chi connectivity index (χ0) is 18.8.